The van der Waals surface area contributed by atoms with E-state index in [0.29, 0.717) is 30.2 Å². The van der Waals surface area contributed by atoms with Crippen LogP contribution in [0, 0.1) is 0 Å². The van der Waals surface area contributed by atoms with Crippen molar-refractivity contribution < 1.29 is 23.9 Å². The summed E-state index contributed by atoms with van der Waals surface area (Å²) in [5, 5.41) is 2.66. The summed E-state index contributed by atoms with van der Waals surface area (Å²) in [5.41, 5.74) is 0.836. The van der Waals surface area contributed by atoms with E-state index in [-0.39, 0.29) is 30.9 Å². The molecule has 0 saturated carbocycles. The third-order valence-corrected chi connectivity index (χ3v) is 3.49. The number of carbonyl (C=O) groups is 3. The highest BCUT2D eigenvalue weighted by Crippen LogP contribution is 2.33. The lowest BCUT2D eigenvalue weighted by Crippen LogP contribution is -2.45. The summed E-state index contributed by atoms with van der Waals surface area (Å²) >= 11 is 0. The van der Waals surface area contributed by atoms with E-state index >= 15 is 0 Å². The molecule has 1 aromatic carbocycles. The zero-order chi connectivity index (χ0) is 17.7. The molecule has 1 N–H and O–H groups in total. The zero-order valence-electron chi connectivity index (χ0n) is 14.0. The average Bonchev–Trinajstić information content (AvgIpc) is 2.56. The maximum absolute atomic E-state index is 12.1. The van der Waals surface area contributed by atoms with Gasteiger partial charge in [0.1, 0.15) is 12.3 Å². The highest BCUT2D eigenvalue weighted by molar-refractivity contribution is 6.04. The molecule has 0 spiro atoms. The molecular weight excluding hydrogens is 314 g/mol. The molecule has 0 fully saturated rings. The van der Waals surface area contributed by atoms with Gasteiger partial charge in [-0.05, 0) is 18.2 Å². The van der Waals surface area contributed by atoms with Crippen molar-refractivity contribution in [2.45, 2.75) is 0 Å². The second-order valence-electron chi connectivity index (χ2n) is 5.49. The number of anilines is 1. The Morgan fingerprint density at radius 1 is 1.38 bits per heavy atom. The van der Waals surface area contributed by atoms with Crippen LogP contribution in [0.4, 0.5) is 5.69 Å². The van der Waals surface area contributed by atoms with Crippen molar-refractivity contribution in [2.75, 3.05) is 52.4 Å². The first kappa shape index (κ1) is 17.7. The van der Waals surface area contributed by atoms with Gasteiger partial charge >= 0.3 is 0 Å². The fourth-order valence-electron chi connectivity index (χ4n) is 2.26. The predicted molar refractivity (Wildman–Crippen MR) is 87.2 cm³/mol. The molecule has 1 aromatic rings. The van der Waals surface area contributed by atoms with Gasteiger partial charge in [0.25, 0.3) is 11.8 Å². The maximum atomic E-state index is 12.1. The lowest BCUT2D eigenvalue weighted by Gasteiger charge is -2.29. The number of hydrogen-bond acceptors (Lipinski definition) is 5. The highest BCUT2D eigenvalue weighted by Gasteiger charge is 2.28. The molecule has 1 aliphatic heterocycles. The van der Waals surface area contributed by atoms with Gasteiger partial charge in [0.2, 0.25) is 5.91 Å². The van der Waals surface area contributed by atoms with Gasteiger partial charge in [-0.15, -0.1) is 0 Å². The second kappa shape index (κ2) is 7.78. The average molecular weight is 335 g/mol. The molecule has 0 bridgehead atoms. The number of amides is 3. The van der Waals surface area contributed by atoms with Crippen LogP contribution in [0.1, 0.15) is 10.4 Å². The molecule has 130 valence electrons. The summed E-state index contributed by atoms with van der Waals surface area (Å²) in [7, 11) is 4.83. The van der Waals surface area contributed by atoms with E-state index in [0.717, 1.165) is 0 Å². The Hall–Kier alpha value is -2.61. The Bertz CT molecular complexity index is 645. The van der Waals surface area contributed by atoms with Gasteiger partial charge in [0.15, 0.2) is 6.61 Å². The molecule has 0 unspecified atom stereocenters. The van der Waals surface area contributed by atoms with E-state index in [1.165, 1.54) is 16.9 Å². The zero-order valence-corrected chi connectivity index (χ0v) is 14.0. The van der Waals surface area contributed by atoms with Gasteiger partial charge in [-0.1, -0.05) is 0 Å². The molecule has 1 heterocycles. The smallest absolute Gasteiger partial charge is 0.265 e. The topological polar surface area (TPSA) is 88.2 Å². The lowest BCUT2D eigenvalue weighted by atomic mass is 10.1. The number of hydrogen-bond donors (Lipinski definition) is 1. The fourth-order valence-corrected chi connectivity index (χ4v) is 2.26. The molecule has 0 aliphatic carbocycles. The summed E-state index contributed by atoms with van der Waals surface area (Å²) < 4.78 is 10.2. The van der Waals surface area contributed by atoms with Gasteiger partial charge in [-0.25, -0.2) is 0 Å². The highest BCUT2D eigenvalue weighted by atomic mass is 16.5. The van der Waals surface area contributed by atoms with Gasteiger partial charge in [0.05, 0.1) is 12.3 Å². The Balaban J connectivity index is 2.21. The van der Waals surface area contributed by atoms with Gasteiger partial charge in [-0.3, -0.25) is 19.3 Å². The summed E-state index contributed by atoms with van der Waals surface area (Å²) in [6, 6.07) is 4.83. The monoisotopic (exact) mass is 335 g/mol. The minimum atomic E-state index is -0.334. The van der Waals surface area contributed by atoms with Crippen LogP contribution in [0.15, 0.2) is 18.2 Å². The van der Waals surface area contributed by atoms with Gasteiger partial charge in [-0.2, -0.15) is 0 Å². The number of fused-ring (bicyclic) bond motifs is 1. The van der Waals surface area contributed by atoms with Crippen LogP contribution in [-0.4, -0.2) is 70.1 Å². The Labute approximate surface area is 140 Å². The number of ether oxygens (including phenoxy) is 2. The van der Waals surface area contributed by atoms with Gasteiger partial charge in [0, 0.05) is 33.3 Å². The van der Waals surface area contributed by atoms with E-state index in [4.69, 9.17) is 9.47 Å². The molecule has 24 heavy (non-hydrogen) atoms. The lowest BCUT2D eigenvalue weighted by molar-refractivity contribution is -0.125. The van der Waals surface area contributed by atoms with Crippen LogP contribution in [-0.2, 0) is 14.3 Å². The number of carbonyl (C=O) groups excluding carboxylic acids is 3. The normalized spacial score (nSPS) is 13.1. The van der Waals surface area contributed by atoms with Crippen LogP contribution in [0.2, 0.25) is 0 Å². The van der Waals surface area contributed by atoms with Crippen molar-refractivity contribution in [1.82, 2.24) is 10.2 Å². The van der Waals surface area contributed by atoms with Crippen molar-refractivity contribution in [1.29, 1.82) is 0 Å². The Morgan fingerprint density at radius 3 is 2.79 bits per heavy atom. The third-order valence-electron chi connectivity index (χ3n) is 3.49. The van der Waals surface area contributed by atoms with E-state index in [1.807, 2.05) is 0 Å². The van der Waals surface area contributed by atoms with Crippen LogP contribution < -0.4 is 15.0 Å². The number of methoxy groups -OCH3 is 1. The van der Waals surface area contributed by atoms with Gasteiger partial charge < -0.3 is 19.7 Å². The fraction of sp³-hybridized carbons (Fsp3) is 0.438. The van der Waals surface area contributed by atoms with E-state index in [9.17, 15) is 14.4 Å². The number of nitrogens with one attached hydrogen (secondary N) is 1. The first-order valence-electron chi connectivity index (χ1n) is 7.48. The van der Waals surface area contributed by atoms with E-state index in [2.05, 4.69) is 5.32 Å². The summed E-state index contributed by atoms with van der Waals surface area (Å²) in [4.78, 5) is 39.0. The molecule has 1 aliphatic rings. The van der Waals surface area contributed by atoms with Crippen molar-refractivity contribution in [2.24, 2.45) is 0 Å². The summed E-state index contributed by atoms with van der Waals surface area (Å²) in [6.07, 6.45) is 0. The molecular formula is C16H21N3O5. The number of benzene rings is 1. The molecule has 0 aromatic heterocycles. The largest absolute Gasteiger partial charge is 0.482 e. The van der Waals surface area contributed by atoms with Crippen molar-refractivity contribution in [3.8, 4) is 5.75 Å². The third kappa shape index (κ3) is 4.02. The van der Waals surface area contributed by atoms with Crippen LogP contribution in [0.3, 0.4) is 0 Å². The first-order chi connectivity index (χ1) is 11.4. The van der Waals surface area contributed by atoms with Crippen molar-refractivity contribution in [3.05, 3.63) is 23.8 Å². The number of rotatable bonds is 6. The predicted octanol–water partition coefficient (Wildman–Crippen LogP) is -0.124. The van der Waals surface area contributed by atoms with Crippen molar-refractivity contribution >= 4 is 23.4 Å². The second-order valence-corrected chi connectivity index (χ2v) is 5.49. The molecule has 3 amide bonds. The minimum absolute atomic E-state index is 0.140. The molecule has 0 saturated heterocycles. The number of nitrogens with zero attached hydrogens (tertiary/aromatic N) is 2. The molecule has 8 nitrogen and oxygen atoms in total. The molecule has 0 atom stereocenters. The van der Waals surface area contributed by atoms with E-state index < -0.39 is 0 Å². The molecule has 2 rings (SSSR count). The van der Waals surface area contributed by atoms with Crippen LogP contribution in [0.25, 0.3) is 0 Å². The summed E-state index contributed by atoms with van der Waals surface area (Å²) in [5.74, 6) is -0.369. The Morgan fingerprint density at radius 2 is 2.12 bits per heavy atom. The SMILES string of the molecule is COCCNC(=O)CN1C(=O)COc2ccc(C(=O)N(C)C)cc21. The summed E-state index contributed by atoms with van der Waals surface area (Å²) in [6.45, 7) is 0.471. The van der Waals surface area contributed by atoms with Crippen molar-refractivity contribution in [3.63, 3.8) is 0 Å². The Kier molecular flexibility index (Phi) is 5.75. The van der Waals surface area contributed by atoms with E-state index in [1.54, 1.807) is 32.3 Å². The van der Waals surface area contributed by atoms with Crippen LogP contribution in [0.5, 0.6) is 5.75 Å². The molecule has 8 heteroatoms. The standard InChI is InChI=1S/C16H21N3O5/c1-18(2)16(22)11-4-5-13-12(8-11)19(15(21)10-24-13)9-14(20)17-6-7-23-3/h4-5,8H,6-7,9-10H2,1-3H3,(H,17,20). The maximum Gasteiger partial charge on any atom is 0.265 e. The quantitative estimate of drug-likeness (QED) is 0.732. The first-order valence-corrected chi connectivity index (χ1v) is 7.48. The molecule has 0 radical (unpaired) electrons. The minimum Gasteiger partial charge on any atom is -0.482 e. The van der Waals surface area contributed by atoms with Crippen LogP contribution >= 0.6 is 0 Å².